The van der Waals surface area contributed by atoms with Crippen LogP contribution in [0.1, 0.15) is 26.0 Å². The molecule has 2 aliphatic heterocycles. The van der Waals surface area contributed by atoms with Crippen molar-refractivity contribution in [2.24, 2.45) is 16.8 Å². The van der Waals surface area contributed by atoms with Crippen LogP contribution in [-0.2, 0) is 11.2 Å². The third-order valence-corrected chi connectivity index (χ3v) is 6.43. The van der Waals surface area contributed by atoms with Gasteiger partial charge in [0.2, 0.25) is 0 Å². The summed E-state index contributed by atoms with van der Waals surface area (Å²) in [5, 5.41) is 4.26. The van der Waals surface area contributed by atoms with Gasteiger partial charge in [-0.25, -0.2) is 0 Å². The van der Waals surface area contributed by atoms with Crippen LogP contribution < -0.4 is 5.32 Å². The Kier molecular flexibility index (Phi) is 7.11. The summed E-state index contributed by atoms with van der Waals surface area (Å²) in [5.41, 5.74) is 0. The first-order chi connectivity index (χ1) is 12.2. The minimum absolute atomic E-state index is 0.571. The highest BCUT2D eigenvalue weighted by atomic mass is 32.2. The highest BCUT2D eigenvalue weighted by Gasteiger charge is 2.25. The van der Waals surface area contributed by atoms with Gasteiger partial charge in [-0.05, 0) is 24.5 Å². The highest BCUT2D eigenvalue weighted by Crippen LogP contribution is 2.25. The second kappa shape index (κ2) is 9.53. The molecule has 2 aliphatic rings. The molecule has 0 saturated carbocycles. The van der Waals surface area contributed by atoms with E-state index in [4.69, 9.17) is 14.1 Å². The lowest BCUT2D eigenvalue weighted by Gasteiger charge is -2.36. The SMILES string of the molecule is CC(C)C1CN(C(=NCC2CCOC2)NCCc2ccco2)CCS1. The zero-order valence-electron chi connectivity index (χ0n) is 15.4. The Morgan fingerprint density at radius 1 is 1.48 bits per heavy atom. The van der Waals surface area contributed by atoms with Crippen LogP contribution in [0, 0.1) is 11.8 Å². The number of rotatable bonds is 6. The molecule has 6 heteroatoms. The molecule has 0 amide bonds. The molecule has 1 N–H and O–H groups in total. The molecule has 3 rings (SSSR count). The van der Waals surface area contributed by atoms with Gasteiger partial charge in [-0.3, -0.25) is 4.99 Å². The summed E-state index contributed by atoms with van der Waals surface area (Å²) in [5.74, 6) is 4.52. The lowest BCUT2D eigenvalue weighted by Crippen LogP contribution is -2.49. The van der Waals surface area contributed by atoms with Crippen LogP contribution in [0.4, 0.5) is 0 Å². The van der Waals surface area contributed by atoms with Gasteiger partial charge in [0.15, 0.2) is 5.96 Å². The van der Waals surface area contributed by atoms with E-state index in [9.17, 15) is 0 Å². The van der Waals surface area contributed by atoms with Crippen molar-refractivity contribution in [2.75, 3.05) is 45.1 Å². The molecule has 1 aromatic heterocycles. The van der Waals surface area contributed by atoms with E-state index in [-0.39, 0.29) is 0 Å². The quantitative estimate of drug-likeness (QED) is 0.620. The Morgan fingerprint density at radius 3 is 3.12 bits per heavy atom. The van der Waals surface area contributed by atoms with Gasteiger partial charge in [0, 0.05) is 56.1 Å². The summed E-state index contributed by atoms with van der Waals surface area (Å²) in [6.07, 6.45) is 3.75. The Morgan fingerprint density at radius 2 is 2.40 bits per heavy atom. The van der Waals surface area contributed by atoms with Crippen LogP contribution in [0.5, 0.6) is 0 Å². The van der Waals surface area contributed by atoms with Gasteiger partial charge >= 0.3 is 0 Å². The van der Waals surface area contributed by atoms with E-state index in [1.54, 1.807) is 6.26 Å². The Bertz CT molecular complexity index is 527. The fourth-order valence-electron chi connectivity index (χ4n) is 3.23. The van der Waals surface area contributed by atoms with E-state index in [0.717, 1.165) is 64.0 Å². The van der Waals surface area contributed by atoms with Gasteiger partial charge in [0.25, 0.3) is 0 Å². The second-order valence-corrected chi connectivity index (χ2v) is 8.60. The highest BCUT2D eigenvalue weighted by molar-refractivity contribution is 8.00. The Hall–Kier alpha value is -1.14. The molecule has 5 nitrogen and oxygen atoms in total. The van der Waals surface area contributed by atoms with Crippen molar-refractivity contribution in [3.63, 3.8) is 0 Å². The fraction of sp³-hybridized carbons (Fsp3) is 0.737. The number of nitrogens with zero attached hydrogens (tertiary/aromatic N) is 2. The van der Waals surface area contributed by atoms with Crippen molar-refractivity contribution in [2.45, 2.75) is 31.9 Å². The first-order valence-electron chi connectivity index (χ1n) is 9.47. The first kappa shape index (κ1) is 18.6. The molecule has 2 saturated heterocycles. The molecule has 0 aromatic carbocycles. The number of aliphatic imine (C=N–C) groups is 1. The zero-order valence-corrected chi connectivity index (χ0v) is 16.3. The van der Waals surface area contributed by atoms with Crippen LogP contribution in [0.25, 0.3) is 0 Å². The smallest absolute Gasteiger partial charge is 0.194 e. The van der Waals surface area contributed by atoms with Crippen molar-refractivity contribution in [3.05, 3.63) is 24.2 Å². The first-order valence-corrected chi connectivity index (χ1v) is 10.5. The average molecular weight is 366 g/mol. The van der Waals surface area contributed by atoms with Gasteiger partial charge < -0.3 is 19.4 Å². The third-order valence-electron chi connectivity index (χ3n) is 4.89. The number of guanidine groups is 1. The van der Waals surface area contributed by atoms with Gasteiger partial charge in [-0.15, -0.1) is 0 Å². The monoisotopic (exact) mass is 365 g/mol. The maximum absolute atomic E-state index is 5.49. The summed E-state index contributed by atoms with van der Waals surface area (Å²) in [6, 6.07) is 3.97. The van der Waals surface area contributed by atoms with Crippen LogP contribution >= 0.6 is 11.8 Å². The predicted octanol–water partition coefficient (Wildman–Crippen LogP) is 2.88. The second-order valence-electron chi connectivity index (χ2n) is 7.25. The predicted molar refractivity (Wildman–Crippen MR) is 104 cm³/mol. The van der Waals surface area contributed by atoms with Crippen LogP contribution in [0.2, 0.25) is 0 Å². The molecule has 0 aliphatic carbocycles. The molecular formula is C19H31N3O2S. The molecule has 25 heavy (non-hydrogen) atoms. The van der Waals surface area contributed by atoms with Gasteiger partial charge in [0.1, 0.15) is 5.76 Å². The molecular weight excluding hydrogens is 334 g/mol. The maximum Gasteiger partial charge on any atom is 0.194 e. The lowest BCUT2D eigenvalue weighted by atomic mass is 10.1. The standard InChI is InChI=1S/C19H31N3O2S/c1-15(2)18-13-22(8-11-25-18)19(21-12-16-6-10-23-14-16)20-7-5-17-4-3-9-24-17/h3-4,9,15-16,18H,5-8,10-14H2,1-2H3,(H,20,21). The van der Waals surface area contributed by atoms with Crippen LogP contribution in [-0.4, -0.2) is 61.3 Å². The number of nitrogens with one attached hydrogen (secondary N) is 1. The minimum atomic E-state index is 0.571. The van der Waals surface area contributed by atoms with Crippen molar-refractivity contribution in [1.82, 2.24) is 10.2 Å². The third kappa shape index (κ3) is 5.68. The van der Waals surface area contributed by atoms with Crippen molar-refractivity contribution in [3.8, 4) is 0 Å². The number of thioether (sulfide) groups is 1. The molecule has 0 radical (unpaired) electrons. The largest absolute Gasteiger partial charge is 0.469 e. The van der Waals surface area contributed by atoms with Crippen LogP contribution in [0.3, 0.4) is 0 Å². The number of hydrogen-bond donors (Lipinski definition) is 1. The van der Waals surface area contributed by atoms with Crippen molar-refractivity contribution in [1.29, 1.82) is 0 Å². The molecule has 0 bridgehead atoms. The Balaban J connectivity index is 1.59. The van der Waals surface area contributed by atoms with Gasteiger partial charge in [0.05, 0.1) is 12.9 Å². The minimum Gasteiger partial charge on any atom is -0.469 e. The molecule has 2 atom stereocenters. The fourth-order valence-corrected chi connectivity index (χ4v) is 4.53. The van der Waals surface area contributed by atoms with E-state index in [1.807, 2.05) is 12.1 Å². The van der Waals surface area contributed by atoms with Crippen molar-refractivity contribution >= 4 is 17.7 Å². The zero-order chi connectivity index (χ0) is 17.5. The summed E-state index contributed by atoms with van der Waals surface area (Å²) >= 11 is 2.10. The van der Waals surface area contributed by atoms with E-state index in [1.165, 1.54) is 5.75 Å². The lowest BCUT2D eigenvalue weighted by molar-refractivity contribution is 0.187. The normalized spacial score (nSPS) is 24.9. The topological polar surface area (TPSA) is 50.0 Å². The maximum atomic E-state index is 5.49. The van der Waals surface area contributed by atoms with Gasteiger partial charge in [-0.2, -0.15) is 11.8 Å². The van der Waals surface area contributed by atoms with Crippen molar-refractivity contribution < 1.29 is 9.15 Å². The summed E-state index contributed by atoms with van der Waals surface area (Å²) in [6.45, 7) is 10.2. The molecule has 0 spiro atoms. The number of furan rings is 1. The summed E-state index contributed by atoms with van der Waals surface area (Å²) in [4.78, 5) is 7.40. The molecule has 3 heterocycles. The summed E-state index contributed by atoms with van der Waals surface area (Å²) < 4.78 is 10.9. The molecule has 140 valence electrons. The van der Waals surface area contributed by atoms with E-state index in [0.29, 0.717) is 17.1 Å². The molecule has 2 fully saturated rings. The molecule has 2 unspecified atom stereocenters. The van der Waals surface area contributed by atoms with E-state index >= 15 is 0 Å². The van der Waals surface area contributed by atoms with E-state index in [2.05, 4.69) is 35.8 Å². The Labute approximate surface area is 155 Å². The average Bonchev–Trinajstić information content (AvgIpc) is 3.31. The van der Waals surface area contributed by atoms with E-state index < -0.39 is 0 Å². The number of ether oxygens (including phenoxy) is 1. The van der Waals surface area contributed by atoms with Gasteiger partial charge in [-0.1, -0.05) is 13.8 Å². The number of hydrogen-bond acceptors (Lipinski definition) is 4. The summed E-state index contributed by atoms with van der Waals surface area (Å²) in [7, 11) is 0. The van der Waals surface area contributed by atoms with Crippen LogP contribution in [0.15, 0.2) is 27.8 Å². The molecule has 1 aromatic rings.